The van der Waals surface area contributed by atoms with Crippen LogP contribution in [0.4, 0.5) is 0 Å². The van der Waals surface area contributed by atoms with Gasteiger partial charge in [0.1, 0.15) is 0 Å². The zero-order valence-electron chi connectivity index (χ0n) is 9.00. The zero-order chi connectivity index (χ0) is 10.2. The third-order valence-electron chi connectivity index (χ3n) is 4.22. The van der Waals surface area contributed by atoms with Crippen molar-refractivity contribution in [3.05, 3.63) is 0 Å². The molecule has 0 aromatic carbocycles. The van der Waals surface area contributed by atoms with E-state index >= 15 is 0 Å². The molecule has 2 fully saturated rings. The topological polar surface area (TPSA) is 0 Å². The fourth-order valence-corrected chi connectivity index (χ4v) is 9.51. The molecule has 0 bridgehead atoms. The van der Waals surface area contributed by atoms with Gasteiger partial charge in [0.15, 0.2) is 0 Å². The molecule has 0 radical (unpaired) electrons. The van der Waals surface area contributed by atoms with E-state index in [2.05, 4.69) is 24.8 Å². The molecule has 0 aliphatic heterocycles. The maximum Gasteiger partial charge on any atom is -0.0105 e. The first-order valence-corrected chi connectivity index (χ1v) is 12.4. The molecule has 0 aromatic heterocycles. The van der Waals surface area contributed by atoms with Gasteiger partial charge in [0.2, 0.25) is 0 Å². The summed E-state index contributed by atoms with van der Waals surface area (Å²) in [6.45, 7) is 2.50. The fourth-order valence-electron chi connectivity index (χ4n) is 3.55. The molecule has 82 valence electrons. The highest BCUT2D eigenvalue weighted by molar-refractivity contribution is 8.61. The monoisotopic (exact) mass is 266 g/mol. The van der Waals surface area contributed by atoms with Crippen molar-refractivity contribution < 1.29 is 0 Å². The van der Waals surface area contributed by atoms with Crippen LogP contribution in [0.25, 0.3) is 0 Å². The van der Waals surface area contributed by atoms with E-state index in [0.717, 1.165) is 24.9 Å². The van der Waals surface area contributed by atoms with Crippen LogP contribution < -0.4 is 0 Å². The summed E-state index contributed by atoms with van der Waals surface area (Å²) < 4.78 is 0. The van der Waals surface area contributed by atoms with Crippen molar-refractivity contribution in [2.75, 3.05) is 0 Å². The Labute approximate surface area is 95.8 Å². The summed E-state index contributed by atoms with van der Waals surface area (Å²) in [6.07, 6.45) is 9.21. The van der Waals surface area contributed by atoms with Crippen LogP contribution in [-0.2, 0) is 0 Å². The van der Waals surface area contributed by atoms with Crippen LogP contribution in [0.3, 0.4) is 0 Å². The average Bonchev–Trinajstić information content (AvgIpc) is 2.74. The van der Waals surface area contributed by atoms with E-state index in [1.165, 1.54) is 12.8 Å². The van der Waals surface area contributed by atoms with E-state index in [1.54, 1.807) is 25.7 Å². The van der Waals surface area contributed by atoms with Crippen LogP contribution in [-0.4, -0.2) is 5.66 Å². The summed E-state index contributed by atoms with van der Waals surface area (Å²) in [4.78, 5) is 0. The molecule has 2 aliphatic carbocycles. The number of hydrogen-bond donors (Lipinski definition) is 0. The molecule has 0 amide bonds. The van der Waals surface area contributed by atoms with E-state index in [9.17, 15) is 0 Å². The van der Waals surface area contributed by atoms with Crippen LogP contribution in [0, 0.1) is 11.3 Å². The Bertz CT molecular complexity index is 200. The molecule has 2 rings (SSSR count). The highest BCUT2D eigenvalue weighted by atomic mass is 32.6. The lowest BCUT2D eigenvalue weighted by Gasteiger charge is -2.24. The molecule has 0 aromatic rings. The minimum absolute atomic E-state index is 0.246. The third-order valence-corrected chi connectivity index (χ3v) is 15.7. The third kappa shape index (κ3) is 2.35. The summed E-state index contributed by atoms with van der Waals surface area (Å²) in [5, 5.41) is 0. The van der Waals surface area contributed by atoms with Crippen molar-refractivity contribution in [3.8, 4) is 0 Å². The molecule has 2 saturated carbocycles. The Balaban J connectivity index is 2.02. The fraction of sp³-hybridized carbons (Fsp3) is 1.00. The average molecular weight is 266 g/mol. The van der Waals surface area contributed by atoms with Crippen LogP contribution in [0.1, 0.15) is 45.4 Å². The molecular weight excluding hydrogens is 244 g/mol. The Kier molecular flexibility index (Phi) is 4.29. The first-order valence-electron chi connectivity index (χ1n) is 5.67. The van der Waals surface area contributed by atoms with E-state index in [0.29, 0.717) is 0 Å². The van der Waals surface area contributed by atoms with Crippen molar-refractivity contribution in [1.29, 1.82) is 0 Å². The molecule has 4 heteroatoms. The normalized spacial score (nSPS) is 38.8. The lowest BCUT2D eigenvalue weighted by Crippen LogP contribution is -2.11. The van der Waals surface area contributed by atoms with Gasteiger partial charge >= 0.3 is 0 Å². The quantitative estimate of drug-likeness (QED) is 0.617. The predicted octanol–water partition coefficient (Wildman–Crippen LogP) is 5.00. The first kappa shape index (κ1) is 12.2. The van der Waals surface area contributed by atoms with Gasteiger partial charge in [-0.15, -0.1) is 17.9 Å². The van der Waals surface area contributed by atoms with Gasteiger partial charge in [0.25, 0.3) is 0 Å². The van der Waals surface area contributed by atoms with E-state index in [4.69, 9.17) is 0 Å². The Morgan fingerprint density at radius 3 is 2.50 bits per heavy atom. The highest BCUT2D eigenvalue weighted by Crippen LogP contribution is 2.75. The van der Waals surface area contributed by atoms with Gasteiger partial charge in [-0.05, 0) is 42.7 Å². The Hall–Kier alpha value is 1.72. The summed E-state index contributed by atoms with van der Waals surface area (Å²) in [7, 11) is 7.46. The van der Waals surface area contributed by atoms with Gasteiger partial charge < -0.3 is 0 Å². The highest BCUT2D eigenvalue weighted by Gasteiger charge is 2.45. The molecule has 6 atom stereocenters. The molecule has 0 N–H and O–H groups in total. The van der Waals surface area contributed by atoms with Crippen molar-refractivity contribution in [2.24, 2.45) is 11.3 Å². The van der Waals surface area contributed by atoms with Crippen LogP contribution in [0.15, 0.2) is 0 Å². The van der Waals surface area contributed by atoms with Crippen LogP contribution in [0.5, 0.6) is 0 Å². The van der Waals surface area contributed by atoms with Crippen molar-refractivity contribution >= 4 is 33.1 Å². The van der Waals surface area contributed by atoms with E-state index in [1.807, 2.05) is 0 Å². The summed E-state index contributed by atoms with van der Waals surface area (Å²) in [5.41, 5.74) is 1.87. The van der Waals surface area contributed by atoms with Gasteiger partial charge in [-0.2, -0.15) is 0 Å². The van der Waals surface area contributed by atoms with Crippen LogP contribution in [0.2, 0.25) is 0 Å². The predicted molar refractivity (Wildman–Crippen MR) is 77.7 cm³/mol. The van der Waals surface area contributed by atoms with E-state index < -0.39 is 0 Å². The summed E-state index contributed by atoms with van der Waals surface area (Å²) >= 11 is 0. The molecule has 2 aliphatic rings. The standard InChI is InChI=1S/C10H22P4/c1-8-6-10(4-2-3-5-10)7-9(8)14(12)13-11/h8-9,13H,2-7,11-12H2,1H3/t8-,9-,14?/m0/s1. The molecule has 14 heavy (non-hydrogen) atoms. The summed E-state index contributed by atoms with van der Waals surface area (Å²) in [5.74, 6) is 1.00. The van der Waals surface area contributed by atoms with Crippen molar-refractivity contribution in [3.63, 3.8) is 0 Å². The number of rotatable bonds is 2. The lowest BCUT2D eigenvalue weighted by molar-refractivity contribution is 0.298. The second-order valence-electron chi connectivity index (χ2n) is 5.20. The Morgan fingerprint density at radius 2 is 1.93 bits per heavy atom. The SMILES string of the molecule is C[C@H]1CC2(CCCC2)C[C@@H]1P(P)PP. The smallest absolute Gasteiger partial charge is 0.0105 e. The maximum absolute atomic E-state index is 3.15. The Morgan fingerprint density at radius 1 is 1.29 bits per heavy atom. The van der Waals surface area contributed by atoms with Gasteiger partial charge in [-0.1, -0.05) is 35.0 Å². The minimum Gasteiger partial charge on any atom is -0.110 e. The largest absolute Gasteiger partial charge is 0.110 e. The molecule has 4 unspecified atom stereocenters. The van der Waals surface area contributed by atoms with Crippen molar-refractivity contribution in [2.45, 2.75) is 51.1 Å². The zero-order valence-corrected chi connectivity index (χ0v) is 13.2. The molecule has 0 heterocycles. The minimum atomic E-state index is 0.246. The lowest BCUT2D eigenvalue weighted by atomic mass is 9.84. The van der Waals surface area contributed by atoms with Crippen LogP contribution >= 0.6 is 33.1 Å². The van der Waals surface area contributed by atoms with E-state index in [-0.39, 0.29) is 7.30 Å². The molecule has 0 saturated heterocycles. The van der Waals surface area contributed by atoms with Gasteiger partial charge in [0, 0.05) is 0 Å². The second-order valence-corrected chi connectivity index (χ2v) is 14.8. The molecule has 0 nitrogen and oxygen atoms in total. The van der Waals surface area contributed by atoms with Gasteiger partial charge in [-0.3, -0.25) is 0 Å². The summed E-state index contributed by atoms with van der Waals surface area (Å²) in [6, 6.07) is 0. The molecule has 1 spiro atoms. The van der Waals surface area contributed by atoms with Gasteiger partial charge in [0.05, 0.1) is 0 Å². The molecular formula is C10H22P4. The maximum atomic E-state index is 3.15. The second kappa shape index (κ2) is 4.92. The first-order chi connectivity index (χ1) is 6.67. The van der Waals surface area contributed by atoms with Gasteiger partial charge in [-0.25, -0.2) is 0 Å². The van der Waals surface area contributed by atoms with Crippen molar-refractivity contribution in [1.82, 2.24) is 0 Å². The number of hydrogen-bond acceptors (Lipinski definition) is 0.